The van der Waals surface area contributed by atoms with Crippen molar-refractivity contribution in [3.63, 3.8) is 0 Å². The fourth-order valence-electron chi connectivity index (χ4n) is 1.67. The summed E-state index contributed by atoms with van der Waals surface area (Å²) in [6.07, 6.45) is 3.79. The molecule has 0 aromatic rings. The number of aliphatic hydroxyl groups excluding tert-OH is 1. The fourth-order valence-corrected chi connectivity index (χ4v) is 1.67. The predicted molar refractivity (Wildman–Crippen MR) is 74.2 cm³/mol. The van der Waals surface area contributed by atoms with Gasteiger partial charge in [-0.05, 0) is 39.2 Å². The minimum absolute atomic E-state index is 0.118. The Hall–Kier alpha value is -1.14. The van der Waals surface area contributed by atoms with Crippen LogP contribution in [0.1, 0.15) is 52.4 Å². The summed E-state index contributed by atoms with van der Waals surface area (Å²) in [7, 11) is 0. The van der Waals surface area contributed by atoms with E-state index < -0.39 is 18.2 Å². The van der Waals surface area contributed by atoms with Crippen LogP contribution >= 0.6 is 0 Å². The normalized spacial score (nSPS) is 13.8. The maximum atomic E-state index is 11.5. The summed E-state index contributed by atoms with van der Waals surface area (Å²) in [6.45, 7) is 4.33. The van der Waals surface area contributed by atoms with Gasteiger partial charge in [-0.25, -0.2) is 0 Å². The number of hydrogen-bond donors (Lipinski definition) is 4. The minimum atomic E-state index is -0.587. The van der Waals surface area contributed by atoms with E-state index in [0.717, 1.165) is 25.7 Å². The van der Waals surface area contributed by atoms with Crippen LogP contribution in [0.3, 0.4) is 0 Å². The van der Waals surface area contributed by atoms with Gasteiger partial charge in [-0.1, -0.05) is 13.3 Å². The lowest BCUT2D eigenvalue weighted by atomic mass is 10.1. The second kappa shape index (κ2) is 10.8. The number of rotatable bonds is 11. The average Bonchev–Trinajstić information content (AvgIpc) is 2.33. The average molecular weight is 273 g/mol. The topological polar surface area (TPSA) is 104 Å². The van der Waals surface area contributed by atoms with Crippen LogP contribution in [0.4, 0.5) is 0 Å². The van der Waals surface area contributed by atoms with Crippen molar-refractivity contribution in [1.82, 2.24) is 10.6 Å². The second-order valence-corrected chi connectivity index (χ2v) is 4.75. The fraction of sp³-hybridized carbons (Fsp3) is 0.846. The summed E-state index contributed by atoms with van der Waals surface area (Å²) in [5, 5.41) is 14.5. The molecule has 0 saturated heterocycles. The van der Waals surface area contributed by atoms with E-state index in [2.05, 4.69) is 10.6 Å². The Bertz CT molecular complexity index is 270. The lowest BCUT2D eigenvalue weighted by molar-refractivity contribution is -0.127. The van der Waals surface area contributed by atoms with E-state index in [9.17, 15) is 9.59 Å². The Morgan fingerprint density at radius 1 is 1.26 bits per heavy atom. The molecule has 6 heteroatoms. The number of nitrogens with two attached hydrogens (primary N) is 1. The molecule has 0 heterocycles. The van der Waals surface area contributed by atoms with Crippen LogP contribution in [0.15, 0.2) is 0 Å². The van der Waals surface area contributed by atoms with E-state index in [1.54, 1.807) is 6.92 Å². The van der Waals surface area contributed by atoms with Crippen LogP contribution in [0.25, 0.3) is 0 Å². The highest BCUT2D eigenvalue weighted by molar-refractivity contribution is 5.86. The molecule has 0 aliphatic carbocycles. The molecule has 0 aliphatic heterocycles. The summed E-state index contributed by atoms with van der Waals surface area (Å²) >= 11 is 0. The van der Waals surface area contributed by atoms with Gasteiger partial charge in [0.1, 0.15) is 12.3 Å². The van der Waals surface area contributed by atoms with Crippen LogP contribution in [-0.4, -0.2) is 35.7 Å². The number of amides is 2. The quantitative estimate of drug-likeness (QED) is 0.320. The summed E-state index contributed by atoms with van der Waals surface area (Å²) in [5.74, 6) is -0.610. The largest absolute Gasteiger partial charge is 0.379 e. The van der Waals surface area contributed by atoms with Crippen molar-refractivity contribution in [1.29, 1.82) is 0 Å². The number of carbonyl (C=O) groups is 2. The molecule has 2 atom stereocenters. The Morgan fingerprint density at radius 3 is 2.47 bits per heavy atom. The van der Waals surface area contributed by atoms with E-state index in [-0.39, 0.29) is 5.91 Å². The van der Waals surface area contributed by atoms with E-state index in [1.165, 1.54) is 0 Å². The smallest absolute Gasteiger partial charge is 0.239 e. The van der Waals surface area contributed by atoms with Crippen molar-refractivity contribution < 1.29 is 14.7 Å². The van der Waals surface area contributed by atoms with E-state index in [1.807, 2.05) is 6.92 Å². The van der Waals surface area contributed by atoms with E-state index in [4.69, 9.17) is 10.8 Å². The van der Waals surface area contributed by atoms with Crippen LogP contribution in [-0.2, 0) is 9.59 Å². The summed E-state index contributed by atoms with van der Waals surface area (Å²) < 4.78 is 0. The minimum Gasteiger partial charge on any atom is -0.379 e. The van der Waals surface area contributed by atoms with Crippen molar-refractivity contribution >= 4 is 11.8 Å². The van der Waals surface area contributed by atoms with Crippen LogP contribution < -0.4 is 16.4 Å². The molecule has 0 radical (unpaired) electrons. The molecule has 0 fully saturated rings. The molecule has 0 aromatic heterocycles. The van der Waals surface area contributed by atoms with E-state index in [0.29, 0.717) is 19.4 Å². The van der Waals surface area contributed by atoms with Crippen molar-refractivity contribution in [2.45, 2.75) is 64.6 Å². The van der Waals surface area contributed by atoms with Crippen molar-refractivity contribution in [2.75, 3.05) is 6.54 Å². The van der Waals surface area contributed by atoms with Gasteiger partial charge in [-0.15, -0.1) is 0 Å². The van der Waals surface area contributed by atoms with Gasteiger partial charge in [-0.2, -0.15) is 0 Å². The van der Waals surface area contributed by atoms with Gasteiger partial charge in [0.25, 0.3) is 0 Å². The third-order valence-corrected chi connectivity index (χ3v) is 2.80. The van der Waals surface area contributed by atoms with Crippen LogP contribution in [0.5, 0.6) is 0 Å². The molecule has 1 unspecified atom stereocenters. The van der Waals surface area contributed by atoms with Gasteiger partial charge in [0.2, 0.25) is 11.8 Å². The highest BCUT2D eigenvalue weighted by Gasteiger charge is 2.16. The first-order valence-electron chi connectivity index (χ1n) is 6.97. The monoisotopic (exact) mass is 273 g/mol. The van der Waals surface area contributed by atoms with Crippen LogP contribution in [0, 0.1) is 0 Å². The number of nitrogens with one attached hydrogen (secondary N) is 2. The predicted octanol–water partition coefficient (Wildman–Crippen LogP) is 0.245. The third-order valence-electron chi connectivity index (χ3n) is 2.80. The van der Waals surface area contributed by atoms with Crippen molar-refractivity contribution in [2.24, 2.45) is 5.73 Å². The van der Waals surface area contributed by atoms with Gasteiger partial charge in [0.15, 0.2) is 0 Å². The molecule has 6 nitrogen and oxygen atoms in total. The Balaban J connectivity index is 3.86. The lowest BCUT2D eigenvalue weighted by Crippen LogP contribution is -2.44. The zero-order valence-electron chi connectivity index (χ0n) is 11.9. The van der Waals surface area contributed by atoms with Gasteiger partial charge in [-0.3, -0.25) is 14.9 Å². The Kier molecular flexibility index (Phi) is 10.1. The first-order valence-corrected chi connectivity index (χ1v) is 6.97. The van der Waals surface area contributed by atoms with Crippen molar-refractivity contribution in [3.05, 3.63) is 0 Å². The molecule has 0 aliphatic rings. The van der Waals surface area contributed by atoms with Gasteiger partial charge in [0, 0.05) is 6.42 Å². The molecule has 0 bridgehead atoms. The van der Waals surface area contributed by atoms with Crippen LogP contribution in [0.2, 0.25) is 0 Å². The number of carbonyl (C=O) groups excluding carboxylic acids is 2. The molecular formula is C13H27N3O3. The number of aliphatic hydroxyl groups is 1. The van der Waals surface area contributed by atoms with Gasteiger partial charge < -0.3 is 16.2 Å². The molecule has 19 heavy (non-hydrogen) atoms. The SMILES string of the molecule is CCCCC(=O)NC(CCCCN[C@H](C)O)C(N)=O. The molecular weight excluding hydrogens is 246 g/mol. The number of hydrogen-bond acceptors (Lipinski definition) is 4. The summed E-state index contributed by atoms with van der Waals surface area (Å²) in [6, 6.07) is -0.587. The molecule has 0 saturated carbocycles. The molecule has 2 amide bonds. The molecule has 112 valence electrons. The van der Waals surface area contributed by atoms with Gasteiger partial charge >= 0.3 is 0 Å². The van der Waals surface area contributed by atoms with Gasteiger partial charge in [0.05, 0.1) is 0 Å². The number of primary amides is 1. The summed E-state index contributed by atoms with van der Waals surface area (Å²) in [5.41, 5.74) is 5.27. The third kappa shape index (κ3) is 10.5. The lowest BCUT2D eigenvalue weighted by Gasteiger charge is -2.15. The Morgan fingerprint density at radius 2 is 1.95 bits per heavy atom. The maximum Gasteiger partial charge on any atom is 0.239 e. The van der Waals surface area contributed by atoms with Crippen molar-refractivity contribution in [3.8, 4) is 0 Å². The molecule has 0 rings (SSSR count). The summed E-state index contributed by atoms with van der Waals surface area (Å²) in [4.78, 5) is 22.8. The number of unbranched alkanes of at least 4 members (excludes halogenated alkanes) is 2. The standard InChI is InChI=1S/C13H27N3O3/c1-3-4-8-12(18)16-11(13(14)19)7-5-6-9-15-10(2)17/h10-11,15,17H,3-9H2,1-2H3,(H2,14,19)(H,16,18)/t10-,11?/m0/s1. The Labute approximate surface area is 115 Å². The molecule has 0 aromatic carbocycles. The first kappa shape index (κ1) is 17.9. The highest BCUT2D eigenvalue weighted by atomic mass is 16.3. The van der Waals surface area contributed by atoms with E-state index >= 15 is 0 Å². The maximum absolute atomic E-state index is 11.5. The highest BCUT2D eigenvalue weighted by Crippen LogP contribution is 2.02. The molecule has 5 N–H and O–H groups in total. The molecule has 0 spiro atoms. The zero-order valence-corrected chi connectivity index (χ0v) is 11.9. The first-order chi connectivity index (χ1) is 8.97. The zero-order chi connectivity index (χ0) is 14.7. The second-order valence-electron chi connectivity index (χ2n) is 4.75.